The lowest BCUT2D eigenvalue weighted by molar-refractivity contribution is -0.210. The monoisotopic (exact) mass is 577 g/mol. The zero-order valence-electron chi connectivity index (χ0n) is 26.2. The average Bonchev–Trinajstić information content (AvgIpc) is 3.26. The van der Waals surface area contributed by atoms with E-state index in [2.05, 4.69) is 26.1 Å². The largest absolute Gasteiger partial charge is 0.481 e. The maximum atomic E-state index is 12.8. The molecular formula is C33H55NO7. The van der Waals surface area contributed by atoms with Crippen LogP contribution in [0.1, 0.15) is 112 Å². The Morgan fingerprint density at radius 3 is 2.39 bits per heavy atom. The number of carbonyl (C=O) groups is 3. The molecule has 8 nitrogen and oxygen atoms in total. The molecule has 0 aromatic carbocycles. The lowest BCUT2D eigenvalue weighted by Gasteiger charge is -2.63. The highest BCUT2D eigenvalue weighted by molar-refractivity contribution is 5.77. The number of carbonyl (C=O) groups excluding carboxylic acids is 2. The predicted molar refractivity (Wildman–Crippen MR) is 156 cm³/mol. The van der Waals surface area contributed by atoms with Crippen LogP contribution < -0.4 is 5.32 Å². The minimum atomic E-state index is -0.925. The number of esters is 1. The first-order valence-corrected chi connectivity index (χ1v) is 16.2. The van der Waals surface area contributed by atoms with Gasteiger partial charge in [-0.3, -0.25) is 14.4 Å². The minimum Gasteiger partial charge on any atom is -0.481 e. The Labute approximate surface area is 246 Å². The van der Waals surface area contributed by atoms with E-state index in [1.165, 1.54) is 0 Å². The molecule has 4 saturated carbocycles. The van der Waals surface area contributed by atoms with Crippen LogP contribution in [0, 0.1) is 51.8 Å². The highest BCUT2D eigenvalue weighted by Crippen LogP contribution is 2.68. The second kappa shape index (κ2) is 12.1. The van der Waals surface area contributed by atoms with E-state index in [1.54, 1.807) is 0 Å². The Hall–Kier alpha value is -1.67. The topological polar surface area (TPSA) is 133 Å². The van der Waals surface area contributed by atoms with Crippen molar-refractivity contribution in [2.45, 2.75) is 130 Å². The van der Waals surface area contributed by atoms with Gasteiger partial charge < -0.3 is 25.4 Å². The van der Waals surface area contributed by atoms with E-state index in [4.69, 9.17) is 9.84 Å². The molecule has 41 heavy (non-hydrogen) atoms. The summed E-state index contributed by atoms with van der Waals surface area (Å²) in [6, 6.07) is 0. The van der Waals surface area contributed by atoms with Crippen molar-refractivity contribution < 1.29 is 34.4 Å². The van der Waals surface area contributed by atoms with Gasteiger partial charge in [0.25, 0.3) is 0 Å². The first-order chi connectivity index (χ1) is 19.1. The van der Waals surface area contributed by atoms with E-state index in [-0.39, 0.29) is 77.3 Å². The fourth-order valence-electron chi connectivity index (χ4n) is 9.63. The van der Waals surface area contributed by atoms with Crippen LogP contribution in [0.25, 0.3) is 0 Å². The van der Waals surface area contributed by atoms with Crippen molar-refractivity contribution >= 4 is 17.8 Å². The molecule has 4 rings (SSSR count). The molecule has 0 aromatic rings. The number of hydrogen-bond acceptors (Lipinski definition) is 6. The van der Waals surface area contributed by atoms with Gasteiger partial charge >= 0.3 is 11.9 Å². The molecule has 0 saturated heterocycles. The minimum absolute atomic E-state index is 0.00708. The van der Waals surface area contributed by atoms with Gasteiger partial charge in [0, 0.05) is 13.0 Å². The molecule has 0 radical (unpaired) electrons. The van der Waals surface area contributed by atoms with Crippen LogP contribution in [0.5, 0.6) is 0 Å². The predicted octanol–water partition coefficient (Wildman–Crippen LogP) is 4.94. The molecule has 8 heteroatoms. The molecule has 4 aliphatic carbocycles. The highest BCUT2D eigenvalue weighted by atomic mass is 16.5. The Balaban J connectivity index is 1.43. The third-order valence-electron chi connectivity index (χ3n) is 12.7. The number of hydrogen-bond donors (Lipinski definition) is 4. The summed E-state index contributed by atoms with van der Waals surface area (Å²) in [7, 11) is 0. The first kappa shape index (κ1) is 32.2. The average molecular weight is 578 g/mol. The number of amides is 1. The second-order valence-corrected chi connectivity index (χ2v) is 15.1. The summed E-state index contributed by atoms with van der Waals surface area (Å²) in [6.45, 7) is 12.8. The number of rotatable bonds is 10. The zero-order chi connectivity index (χ0) is 30.3. The van der Waals surface area contributed by atoms with Gasteiger partial charge in [-0.1, -0.05) is 27.7 Å². The van der Waals surface area contributed by atoms with Crippen LogP contribution >= 0.6 is 0 Å². The molecule has 0 spiro atoms. The highest BCUT2D eigenvalue weighted by Gasteiger charge is 2.65. The van der Waals surface area contributed by atoms with Gasteiger partial charge in [0.2, 0.25) is 5.91 Å². The van der Waals surface area contributed by atoms with E-state index in [0.29, 0.717) is 19.3 Å². The summed E-state index contributed by atoms with van der Waals surface area (Å²) in [4.78, 5) is 35.8. The third-order valence-corrected chi connectivity index (χ3v) is 12.7. The van der Waals surface area contributed by atoms with Crippen molar-refractivity contribution in [2.75, 3.05) is 6.54 Å². The van der Waals surface area contributed by atoms with Gasteiger partial charge in [-0.15, -0.1) is 0 Å². The quantitative estimate of drug-likeness (QED) is 0.270. The number of carboxylic acids is 1. The van der Waals surface area contributed by atoms with E-state index in [1.807, 2.05) is 20.8 Å². The molecular weight excluding hydrogens is 522 g/mol. The standard InChI is InChI=1S/C33H55NO7/c1-7-31(3,4)30(40)41-21-12-14-32(5)20(16-21)17-25(35)29-23-10-9-22(33(23,6)26(36)18-24(29)32)19(2)8-11-27(37)34-15-13-28(38)39/h19-26,29,35-36H,7-18H2,1-6H3,(H,34,37)(H,38,39)/t19?,20?,21?,22?,23?,24?,25?,26?,29?,32-,33+/m0/s1. The number of nitrogens with one attached hydrogen (secondary N) is 1. The van der Waals surface area contributed by atoms with E-state index < -0.39 is 23.6 Å². The van der Waals surface area contributed by atoms with Crippen molar-refractivity contribution in [1.29, 1.82) is 0 Å². The maximum Gasteiger partial charge on any atom is 0.311 e. The van der Waals surface area contributed by atoms with Crippen LogP contribution in [-0.2, 0) is 19.1 Å². The lowest BCUT2D eigenvalue weighted by Crippen LogP contribution is -2.62. The van der Waals surface area contributed by atoms with Crippen molar-refractivity contribution in [2.24, 2.45) is 51.8 Å². The van der Waals surface area contributed by atoms with Crippen LogP contribution in [0.2, 0.25) is 0 Å². The number of aliphatic hydroxyl groups excluding tert-OH is 2. The lowest BCUT2D eigenvalue weighted by atomic mass is 9.43. The Bertz CT molecular complexity index is 983. The van der Waals surface area contributed by atoms with Gasteiger partial charge in [0.05, 0.1) is 24.0 Å². The fourth-order valence-corrected chi connectivity index (χ4v) is 9.63. The smallest absolute Gasteiger partial charge is 0.311 e. The molecule has 4 aliphatic rings. The van der Waals surface area contributed by atoms with Crippen molar-refractivity contribution in [1.82, 2.24) is 5.32 Å². The van der Waals surface area contributed by atoms with Gasteiger partial charge in [-0.05, 0) is 118 Å². The number of carboxylic acid groups (broad SMARTS) is 1. The Kier molecular flexibility index (Phi) is 9.55. The normalized spacial score (nSPS) is 41.0. The molecule has 4 N–H and O–H groups in total. The molecule has 0 aromatic heterocycles. The SMILES string of the molecule is CCC(C)(C)C(=O)OC1CC[C@@]2(C)C(C1)CC(O)C1C2CC(O)[C@]2(C)C(C(C)CCC(=O)NCCC(=O)O)CCC12. The molecule has 0 heterocycles. The van der Waals surface area contributed by atoms with Gasteiger partial charge in [0.15, 0.2) is 0 Å². The molecule has 11 atom stereocenters. The molecule has 9 unspecified atom stereocenters. The molecule has 4 fully saturated rings. The number of fused-ring (bicyclic) bond motifs is 5. The second-order valence-electron chi connectivity index (χ2n) is 15.1. The van der Waals surface area contributed by atoms with Gasteiger partial charge in [-0.2, -0.15) is 0 Å². The maximum absolute atomic E-state index is 12.8. The molecule has 1 amide bonds. The Morgan fingerprint density at radius 2 is 1.73 bits per heavy atom. The fraction of sp³-hybridized carbons (Fsp3) is 0.909. The van der Waals surface area contributed by atoms with E-state index in [0.717, 1.165) is 44.9 Å². The van der Waals surface area contributed by atoms with Crippen LogP contribution in [0.15, 0.2) is 0 Å². The number of ether oxygens (including phenoxy) is 1. The van der Waals surface area contributed by atoms with Crippen molar-refractivity contribution in [3.8, 4) is 0 Å². The summed E-state index contributed by atoms with van der Waals surface area (Å²) in [5.41, 5.74) is -0.785. The van der Waals surface area contributed by atoms with Crippen molar-refractivity contribution in [3.05, 3.63) is 0 Å². The zero-order valence-corrected chi connectivity index (χ0v) is 26.2. The first-order valence-electron chi connectivity index (χ1n) is 16.2. The summed E-state index contributed by atoms with van der Waals surface area (Å²) >= 11 is 0. The third kappa shape index (κ3) is 6.07. The molecule has 0 aliphatic heterocycles. The van der Waals surface area contributed by atoms with Crippen LogP contribution in [-0.4, -0.2) is 58.0 Å². The summed E-state index contributed by atoms with van der Waals surface area (Å²) in [6.07, 6.45) is 6.67. The van der Waals surface area contributed by atoms with Gasteiger partial charge in [-0.25, -0.2) is 0 Å². The number of aliphatic hydroxyl groups is 2. The number of aliphatic carboxylic acids is 1. The summed E-state index contributed by atoms with van der Waals surface area (Å²) in [5.74, 6) is 0.225. The molecule has 234 valence electrons. The van der Waals surface area contributed by atoms with Crippen molar-refractivity contribution in [3.63, 3.8) is 0 Å². The summed E-state index contributed by atoms with van der Waals surface area (Å²) < 4.78 is 6.01. The van der Waals surface area contributed by atoms with Gasteiger partial charge in [0.1, 0.15) is 6.10 Å². The van der Waals surface area contributed by atoms with E-state index in [9.17, 15) is 24.6 Å². The summed E-state index contributed by atoms with van der Waals surface area (Å²) in [5, 5.41) is 35.0. The van der Waals surface area contributed by atoms with E-state index >= 15 is 0 Å². The Morgan fingerprint density at radius 1 is 1.02 bits per heavy atom. The van der Waals surface area contributed by atoms with Crippen LogP contribution in [0.4, 0.5) is 0 Å². The molecule has 0 bridgehead atoms. The van der Waals surface area contributed by atoms with Crippen LogP contribution in [0.3, 0.4) is 0 Å².